The first kappa shape index (κ1) is 21.3. The lowest BCUT2D eigenvalue weighted by atomic mass is 9.98. The van der Waals surface area contributed by atoms with Gasteiger partial charge in [-0.3, -0.25) is 9.59 Å². The first-order valence-electron chi connectivity index (χ1n) is 9.08. The van der Waals surface area contributed by atoms with Crippen LogP contribution in [0.3, 0.4) is 0 Å². The average molecular weight is 380 g/mol. The van der Waals surface area contributed by atoms with E-state index in [2.05, 4.69) is 0 Å². The molecule has 1 aromatic rings. The molecule has 7 heteroatoms. The maximum atomic E-state index is 11.7. The smallest absolute Gasteiger partial charge is 0.303 e. The van der Waals surface area contributed by atoms with Gasteiger partial charge in [-0.25, -0.2) is 0 Å². The molecule has 1 aromatic carbocycles. The van der Waals surface area contributed by atoms with Crippen molar-refractivity contribution < 1.29 is 33.3 Å². The predicted molar refractivity (Wildman–Crippen MR) is 96.7 cm³/mol. The van der Waals surface area contributed by atoms with Crippen molar-refractivity contribution in [2.75, 3.05) is 0 Å². The summed E-state index contributed by atoms with van der Waals surface area (Å²) in [7, 11) is 0. The van der Waals surface area contributed by atoms with Crippen LogP contribution in [0.5, 0.6) is 0 Å². The summed E-state index contributed by atoms with van der Waals surface area (Å²) >= 11 is 0. The van der Waals surface area contributed by atoms with Crippen LogP contribution in [-0.2, 0) is 39.9 Å². The lowest BCUT2D eigenvalue weighted by Crippen LogP contribution is -2.61. The van der Waals surface area contributed by atoms with Crippen LogP contribution in [0.15, 0.2) is 30.3 Å². The molecule has 0 spiro atoms. The molecule has 1 heterocycles. The molecular weight excluding hydrogens is 352 g/mol. The average Bonchev–Trinajstić information content (AvgIpc) is 2.57. The quantitative estimate of drug-likeness (QED) is 0.673. The van der Waals surface area contributed by atoms with Gasteiger partial charge in [0.25, 0.3) is 0 Å². The van der Waals surface area contributed by atoms with Gasteiger partial charge in [0.1, 0.15) is 6.10 Å². The van der Waals surface area contributed by atoms with E-state index in [4.69, 9.17) is 23.7 Å². The highest BCUT2D eigenvalue weighted by Gasteiger charge is 2.49. The second kappa shape index (κ2) is 9.82. The van der Waals surface area contributed by atoms with Crippen LogP contribution in [0.2, 0.25) is 0 Å². The largest absolute Gasteiger partial charge is 0.456 e. The lowest BCUT2D eigenvalue weighted by molar-refractivity contribution is -0.315. The van der Waals surface area contributed by atoms with Crippen LogP contribution in [0, 0.1) is 0 Å². The van der Waals surface area contributed by atoms with Crippen LogP contribution < -0.4 is 0 Å². The summed E-state index contributed by atoms with van der Waals surface area (Å²) in [6.45, 7) is 8.37. The van der Waals surface area contributed by atoms with E-state index < -0.39 is 42.6 Å². The van der Waals surface area contributed by atoms with Crippen molar-refractivity contribution in [2.45, 2.75) is 78.0 Å². The molecule has 1 aliphatic rings. The lowest BCUT2D eigenvalue weighted by Gasteiger charge is -2.44. The Hall–Kier alpha value is -1.96. The van der Waals surface area contributed by atoms with E-state index in [1.807, 2.05) is 44.2 Å². The molecule has 1 saturated heterocycles. The van der Waals surface area contributed by atoms with E-state index >= 15 is 0 Å². The minimum absolute atomic E-state index is 0.131. The van der Waals surface area contributed by atoms with Gasteiger partial charge in [0.15, 0.2) is 18.5 Å². The fraction of sp³-hybridized carbons (Fsp3) is 0.600. The van der Waals surface area contributed by atoms with Gasteiger partial charge in [-0.05, 0) is 26.3 Å². The molecule has 0 bridgehead atoms. The molecule has 0 aliphatic carbocycles. The maximum Gasteiger partial charge on any atom is 0.303 e. The standard InChI is InChI=1S/C20H28O7/c1-12(2)24-20-19(23-11-16-9-7-6-8-10-16)18(27-15(5)22)17(13(3)25-20)26-14(4)21/h6-10,12-13,17-20H,11H2,1-5H3/t13-,17+,18+,19-,20+/m0/s1. The van der Waals surface area contributed by atoms with E-state index in [1.165, 1.54) is 13.8 Å². The van der Waals surface area contributed by atoms with Crippen molar-refractivity contribution in [3.05, 3.63) is 35.9 Å². The second-order valence-corrected chi connectivity index (χ2v) is 6.80. The number of carbonyl (C=O) groups excluding carboxylic acids is 2. The van der Waals surface area contributed by atoms with Gasteiger partial charge in [-0.2, -0.15) is 0 Å². The Bertz CT molecular complexity index is 616. The number of hydrogen-bond donors (Lipinski definition) is 0. The maximum absolute atomic E-state index is 11.7. The van der Waals surface area contributed by atoms with Gasteiger partial charge in [0, 0.05) is 13.8 Å². The number of benzene rings is 1. The predicted octanol–water partition coefficient (Wildman–Crippen LogP) is 2.61. The Morgan fingerprint density at radius 2 is 1.59 bits per heavy atom. The van der Waals surface area contributed by atoms with Gasteiger partial charge in [0.05, 0.1) is 18.8 Å². The first-order chi connectivity index (χ1) is 12.8. The Morgan fingerprint density at radius 3 is 2.15 bits per heavy atom. The molecular formula is C20H28O7. The highest BCUT2D eigenvalue weighted by Crippen LogP contribution is 2.30. The summed E-state index contributed by atoms with van der Waals surface area (Å²) in [4.78, 5) is 23.2. The molecule has 1 aliphatic heterocycles. The van der Waals surface area contributed by atoms with Gasteiger partial charge >= 0.3 is 11.9 Å². The van der Waals surface area contributed by atoms with Crippen LogP contribution in [-0.4, -0.2) is 48.7 Å². The fourth-order valence-electron chi connectivity index (χ4n) is 2.97. The van der Waals surface area contributed by atoms with Crippen LogP contribution in [0.1, 0.15) is 40.2 Å². The molecule has 5 atom stereocenters. The zero-order valence-corrected chi connectivity index (χ0v) is 16.4. The fourth-order valence-corrected chi connectivity index (χ4v) is 2.97. The third-order valence-electron chi connectivity index (χ3n) is 4.02. The van der Waals surface area contributed by atoms with E-state index in [0.717, 1.165) is 5.56 Å². The summed E-state index contributed by atoms with van der Waals surface area (Å²) in [5, 5.41) is 0. The topological polar surface area (TPSA) is 80.3 Å². The second-order valence-electron chi connectivity index (χ2n) is 6.80. The molecule has 0 unspecified atom stereocenters. The third kappa shape index (κ3) is 6.30. The molecule has 0 radical (unpaired) electrons. The van der Waals surface area contributed by atoms with E-state index in [1.54, 1.807) is 6.92 Å². The van der Waals surface area contributed by atoms with E-state index in [-0.39, 0.29) is 12.7 Å². The highest BCUT2D eigenvalue weighted by molar-refractivity contribution is 5.67. The summed E-state index contributed by atoms with van der Waals surface area (Å²) in [6.07, 6.45) is -3.81. The Labute approximate surface area is 159 Å². The molecule has 0 amide bonds. The number of carbonyl (C=O) groups is 2. The number of esters is 2. The Kier molecular flexibility index (Phi) is 7.77. The van der Waals surface area contributed by atoms with E-state index in [9.17, 15) is 9.59 Å². The molecule has 7 nitrogen and oxygen atoms in total. The van der Waals surface area contributed by atoms with Crippen molar-refractivity contribution in [1.82, 2.24) is 0 Å². The molecule has 27 heavy (non-hydrogen) atoms. The zero-order chi connectivity index (χ0) is 20.0. The summed E-state index contributed by atoms with van der Waals surface area (Å²) in [5.74, 6) is -0.986. The van der Waals surface area contributed by atoms with Gasteiger partial charge < -0.3 is 23.7 Å². The minimum atomic E-state index is -0.845. The SMILES string of the molecule is CC(=O)O[C@H]1[C@H](OCc2ccccc2)[C@H](OC(C)C)O[C@@H](C)[C@H]1OC(C)=O. The normalized spacial score (nSPS) is 28.0. The van der Waals surface area contributed by atoms with Crippen molar-refractivity contribution in [3.8, 4) is 0 Å². The van der Waals surface area contributed by atoms with Crippen molar-refractivity contribution in [2.24, 2.45) is 0 Å². The molecule has 0 saturated carbocycles. The van der Waals surface area contributed by atoms with Crippen LogP contribution >= 0.6 is 0 Å². The van der Waals surface area contributed by atoms with Gasteiger partial charge in [0.2, 0.25) is 0 Å². The zero-order valence-electron chi connectivity index (χ0n) is 16.4. The molecule has 0 N–H and O–H groups in total. The van der Waals surface area contributed by atoms with Gasteiger partial charge in [-0.1, -0.05) is 30.3 Å². The molecule has 150 valence electrons. The van der Waals surface area contributed by atoms with Crippen molar-refractivity contribution >= 4 is 11.9 Å². The van der Waals surface area contributed by atoms with Gasteiger partial charge in [-0.15, -0.1) is 0 Å². The minimum Gasteiger partial charge on any atom is -0.456 e. The van der Waals surface area contributed by atoms with Crippen molar-refractivity contribution in [1.29, 1.82) is 0 Å². The van der Waals surface area contributed by atoms with Crippen LogP contribution in [0.4, 0.5) is 0 Å². The molecule has 2 rings (SSSR count). The Morgan fingerprint density at radius 1 is 1.00 bits per heavy atom. The summed E-state index contributed by atoms with van der Waals surface area (Å²) in [6, 6.07) is 9.58. The molecule has 1 fully saturated rings. The highest BCUT2D eigenvalue weighted by atomic mass is 16.7. The monoisotopic (exact) mass is 380 g/mol. The van der Waals surface area contributed by atoms with Crippen molar-refractivity contribution in [3.63, 3.8) is 0 Å². The Balaban J connectivity index is 2.27. The summed E-state index contributed by atoms with van der Waals surface area (Å²) < 4.78 is 28.7. The van der Waals surface area contributed by atoms with E-state index in [0.29, 0.717) is 0 Å². The van der Waals surface area contributed by atoms with Crippen LogP contribution in [0.25, 0.3) is 0 Å². The summed E-state index contributed by atoms with van der Waals surface area (Å²) in [5.41, 5.74) is 0.949. The third-order valence-corrected chi connectivity index (χ3v) is 4.02. The molecule has 0 aromatic heterocycles. The number of hydrogen-bond acceptors (Lipinski definition) is 7. The number of rotatable bonds is 7. The number of ether oxygens (including phenoxy) is 5. The first-order valence-corrected chi connectivity index (χ1v) is 9.08.